The number of nitrogens with zero attached hydrogens (tertiary/aromatic N) is 1. The van der Waals surface area contributed by atoms with Crippen LogP contribution in [0.5, 0.6) is 0 Å². The van der Waals surface area contributed by atoms with Gasteiger partial charge in [0.25, 0.3) is 0 Å². The van der Waals surface area contributed by atoms with Gasteiger partial charge < -0.3 is 16.0 Å². The highest BCUT2D eigenvalue weighted by Crippen LogP contribution is 2.32. The van der Waals surface area contributed by atoms with Crippen molar-refractivity contribution in [2.24, 2.45) is 5.92 Å². The fraction of sp³-hybridized carbons (Fsp3) is 0.423. The number of hydrogen-bond acceptors (Lipinski definition) is 4. The number of rotatable bonds is 5. The van der Waals surface area contributed by atoms with Gasteiger partial charge in [-0.05, 0) is 60.6 Å². The summed E-state index contributed by atoms with van der Waals surface area (Å²) in [6.45, 7) is 10.1. The minimum absolute atomic E-state index is 0.0162. The van der Waals surface area contributed by atoms with E-state index in [4.69, 9.17) is 0 Å². The van der Waals surface area contributed by atoms with Gasteiger partial charge in [0.2, 0.25) is 5.91 Å². The number of carbonyl (C=O) groups excluding carboxylic acids is 3. The third-order valence-electron chi connectivity index (χ3n) is 6.88. The molecule has 2 aliphatic heterocycles. The smallest absolute Gasteiger partial charge is 0.313 e. The molecule has 0 bridgehead atoms. The largest absolute Gasteiger partial charge is 0.341 e. The van der Waals surface area contributed by atoms with Crippen molar-refractivity contribution < 1.29 is 14.4 Å². The Morgan fingerprint density at radius 2 is 1.76 bits per heavy atom. The van der Waals surface area contributed by atoms with Gasteiger partial charge in [-0.1, -0.05) is 38.1 Å². The Hall–Kier alpha value is -3.19. The summed E-state index contributed by atoms with van der Waals surface area (Å²) in [5.41, 5.74) is 5.71. The molecule has 33 heavy (non-hydrogen) atoms. The van der Waals surface area contributed by atoms with E-state index >= 15 is 0 Å². The number of carbonyl (C=O) groups is 3. The predicted molar refractivity (Wildman–Crippen MR) is 129 cm³/mol. The highest BCUT2D eigenvalue weighted by Gasteiger charge is 2.28. The Morgan fingerprint density at radius 1 is 0.970 bits per heavy atom. The van der Waals surface area contributed by atoms with E-state index in [2.05, 4.69) is 47.7 Å². The molecule has 2 atom stereocenters. The van der Waals surface area contributed by atoms with Gasteiger partial charge in [0, 0.05) is 36.9 Å². The maximum Gasteiger partial charge on any atom is 0.313 e. The molecule has 3 N–H and O–H groups in total. The first-order chi connectivity index (χ1) is 15.7. The lowest BCUT2D eigenvalue weighted by atomic mass is 9.98. The van der Waals surface area contributed by atoms with Gasteiger partial charge in [0.05, 0.1) is 6.04 Å². The summed E-state index contributed by atoms with van der Waals surface area (Å²) < 4.78 is 0. The van der Waals surface area contributed by atoms with Crippen molar-refractivity contribution in [3.05, 3.63) is 58.7 Å². The van der Waals surface area contributed by atoms with E-state index in [1.807, 2.05) is 37.3 Å². The second kappa shape index (κ2) is 9.35. The van der Waals surface area contributed by atoms with E-state index in [0.717, 1.165) is 35.5 Å². The van der Waals surface area contributed by atoms with Crippen molar-refractivity contribution in [1.29, 1.82) is 0 Å². The van der Waals surface area contributed by atoms with Gasteiger partial charge in [-0.3, -0.25) is 19.3 Å². The van der Waals surface area contributed by atoms with Crippen LogP contribution in [-0.4, -0.2) is 28.7 Å². The average Bonchev–Trinajstić information content (AvgIpc) is 3.23. The normalized spacial score (nSPS) is 17.1. The van der Waals surface area contributed by atoms with E-state index in [9.17, 15) is 14.4 Å². The minimum Gasteiger partial charge on any atom is -0.341 e. The summed E-state index contributed by atoms with van der Waals surface area (Å²) >= 11 is 0. The van der Waals surface area contributed by atoms with Crippen LogP contribution in [-0.2, 0) is 33.9 Å². The van der Waals surface area contributed by atoms with Gasteiger partial charge in [0.1, 0.15) is 0 Å². The highest BCUT2D eigenvalue weighted by molar-refractivity contribution is 6.39. The number of nitrogens with one attached hydrogen (secondary N) is 3. The number of amides is 3. The van der Waals surface area contributed by atoms with Crippen LogP contribution in [0.15, 0.2) is 36.4 Å². The van der Waals surface area contributed by atoms with E-state index in [1.165, 1.54) is 5.56 Å². The van der Waals surface area contributed by atoms with Gasteiger partial charge in [-0.15, -0.1) is 0 Å². The zero-order valence-electron chi connectivity index (χ0n) is 19.7. The molecule has 2 aromatic carbocycles. The Bertz CT molecular complexity index is 1090. The van der Waals surface area contributed by atoms with Crippen molar-refractivity contribution in [3.63, 3.8) is 0 Å². The van der Waals surface area contributed by atoms with Crippen LogP contribution in [0, 0.1) is 5.92 Å². The number of benzene rings is 2. The van der Waals surface area contributed by atoms with Crippen LogP contribution in [0.1, 0.15) is 62.4 Å². The fourth-order valence-electron chi connectivity index (χ4n) is 4.47. The molecule has 0 saturated carbocycles. The lowest BCUT2D eigenvalue weighted by Crippen LogP contribution is -2.37. The molecule has 0 aliphatic carbocycles. The van der Waals surface area contributed by atoms with Crippen LogP contribution in [0.4, 0.5) is 11.4 Å². The van der Waals surface area contributed by atoms with Gasteiger partial charge in [-0.2, -0.15) is 0 Å². The predicted octanol–water partition coefficient (Wildman–Crippen LogP) is 3.75. The molecule has 0 aromatic heterocycles. The first-order valence-corrected chi connectivity index (χ1v) is 11.6. The Balaban J connectivity index is 1.40. The molecule has 4 rings (SSSR count). The lowest BCUT2D eigenvalue weighted by Gasteiger charge is -2.27. The van der Waals surface area contributed by atoms with Crippen LogP contribution in [0.25, 0.3) is 0 Å². The van der Waals surface area contributed by atoms with E-state index in [-0.39, 0.29) is 11.9 Å². The van der Waals surface area contributed by atoms with Crippen molar-refractivity contribution in [3.8, 4) is 0 Å². The summed E-state index contributed by atoms with van der Waals surface area (Å²) in [5.74, 6) is -0.792. The molecule has 2 aliphatic rings. The molecule has 0 fully saturated rings. The van der Waals surface area contributed by atoms with Crippen molar-refractivity contribution in [2.75, 3.05) is 10.6 Å². The quantitative estimate of drug-likeness (QED) is 0.608. The topological polar surface area (TPSA) is 90.5 Å². The Labute approximate surface area is 194 Å². The fourth-order valence-corrected chi connectivity index (χ4v) is 4.47. The first kappa shape index (κ1) is 23.0. The second-order valence-electron chi connectivity index (χ2n) is 9.45. The number of hydrogen-bond donors (Lipinski definition) is 3. The van der Waals surface area contributed by atoms with E-state index < -0.39 is 11.8 Å². The third kappa shape index (κ3) is 4.93. The van der Waals surface area contributed by atoms with Crippen LogP contribution in [0.3, 0.4) is 0 Å². The first-order valence-electron chi connectivity index (χ1n) is 11.6. The second-order valence-corrected chi connectivity index (χ2v) is 9.45. The molecule has 7 nitrogen and oxygen atoms in total. The average molecular weight is 449 g/mol. The summed E-state index contributed by atoms with van der Waals surface area (Å²) in [5, 5.41) is 8.46. The molecule has 2 unspecified atom stereocenters. The zero-order chi connectivity index (χ0) is 23.7. The minimum atomic E-state index is -0.671. The van der Waals surface area contributed by atoms with Crippen LogP contribution in [0.2, 0.25) is 0 Å². The van der Waals surface area contributed by atoms with Crippen LogP contribution < -0.4 is 16.0 Å². The molecule has 0 spiro atoms. The molecule has 174 valence electrons. The summed E-state index contributed by atoms with van der Waals surface area (Å²) in [6, 6.07) is 11.6. The molecule has 2 heterocycles. The highest BCUT2D eigenvalue weighted by atomic mass is 16.2. The maximum atomic E-state index is 12.7. The van der Waals surface area contributed by atoms with Crippen LogP contribution >= 0.6 is 0 Å². The van der Waals surface area contributed by atoms with Gasteiger partial charge in [-0.25, -0.2) is 0 Å². The standard InChI is InChI=1S/C26H32N4O3/c1-15(2)17(4)30-13-20-6-5-7-23(21(20)14-30)29-26(33)25(32)27-16(3)18-8-10-22-19(12-18)9-11-24(31)28-22/h5-8,10,12,15-17H,9,11,13-14H2,1-4H3,(H,27,32)(H,28,31)(H,29,33). The van der Waals surface area contributed by atoms with Crippen molar-refractivity contribution >= 4 is 29.1 Å². The Kier molecular flexibility index (Phi) is 6.51. The third-order valence-corrected chi connectivity index (χ3v) is 6.88. The van der Waals surface area contributed by atoms with Crippen molar-refractivity contribution in [1.82, 2.24) is 10.2 Å². The molecule has 0 radical (unpaired) electrons. The molecule has 7 heteroatoms. The van der Waals surface area contributed by atoms with Gasteiger partial charge >= 0.3 is 11.8 Å². The number of fused-ring (bicyclic) bond motifs is 2. The van der Waals surface area contributed by atoms with E-state index in [1.54, 1.807) is 0 Å². The summed E-state index contributed by atoms with van der Waals surface area (Å²) in [6.07, 6.45) is 1.12. The SMILES string of the molecule is CC(NC(=O)C(=O)Nc1cccc2c1CN(C(C)C(C)C)C2)c1ccc2c(c1)CCC(=O)N2. The van der Waals surface area contributed by atoms with Crippen molar-refractivity contribution in [2.45, 2.75) is 65.7 Å². The zero-order valence-corrected chi connectivity index (χ0v) is 19.7. The monoisotopic (exact) mass is 448 g/mol. The summed E-state index contributed by atoms with van der Waals surface area (Å²) in [7, 11) is 0. The molecule has 0 saturated heterocycles. The Morgan fingerprint density at radius 3 is 2.52 bits per heavy atom. The number of anilines is 2. The van der Waals surface area contributed by atoms with E-state index in [0.29, 0.717) is 30.5 Å². The number of aryl methyl sites for hydroxylation is 1. The molecular formula is C26H32N4O3. The molecule has 2 aromatic rings. The maximum absolute atomic E-state index is 12.7. The lowest BCUT2D eigenvalue weighted by molar-refractivity contribution is -0.136. The molecular weight excluding hydrogens is 416 g/mol. The molecule has 3 amide bonds. The summed E-state index contributed by atoms with van der Waals surface area (Å²) in [4.78, 5) is 39.3. The van der Waals surface area contributed by atoms with Gasteiger partial charge in [0.15, 0.2) is 0 Å².